The van der Waals surface area contributed by atoms with Crippen LogP contribution >= 0.6 is 11.6 Å². The minimum Gasteiger partial charge on any atom is -0.491 e. The number of carbonyl (C=O) groups excluding carboxylic acids is 2. The monoisotopic (exact) mass is 466 g/mol. The summed E-state index contributed by atoms with van der Waals surface area (Å²) in [5.74, 6) is 0.537. The van der Waals surface area contributed by atoms with Gasteiger partial charge in [0.15, 0.2) is 6.10 Å². The summed E-state index contributed by atoms with van der Waals surface area (Å²) in [5, 5.41) is 6.08. The van der Waals surface area contributed by atoms with Crippen molar-refractivity contribution in [3.05, 3.63) is 83.4 Å². The maximum atomic E-state index is 12.6. The fourth-order valence-electron chi connectivity index (χ4n) is 2.89. The van der Waals surface area contributed by atoms with Gasteiger partial charge in [-0.15, -0.1) is 0 Å². The van der Waals surface area contributed by atoms with Gasteiger partial charge >= 0.3 is 0 Å². The smallest absolute Gasteiger partial charge is 0.265 e. The number of carbonyl (C=O) groups is 2. The topological polar surface area (TPSA) is 76.7 Å². The summed E-state index contributed by atoms with van der Waals surface area (Å²) in [4.78, 5) is 25.1. The average Bonchev–Trinajstić information content (AvgIpc) is 2.81. The second kappa shape index (κ2) is 11.4. The van der Waals surface area contributed by atoms with Crippen LogP contribution in [0.1, 0.15) is 37.6 Å². The van der Waals surface area contributed by atoms with Crippen molar-refractivity contribution in [3.63, 3.8) is 0 Å². The zero-order valence-electron chi connectivity index (χ0n) is 18.8. The van der Waals surface area contributed by atoms with Crippen molar-refractivity contribution in [2.75, 3.05) is 10.6 Å². The van der Waals surface area contributed by atoms with E-state index in [2.05, 4.69) is 10.6 Å². The van der Waals surface area contributed by atoms with Crippen LogP contribution in [-0.2, 0) is 4.79 Å². The van der Waals surface area contributed by atoms with Gasteiger partial charge in [-0.1, -0.05) is 36.7 Å². The molecule has 3 rings (SSSR count). The molecule has 6 nitrogen and oxygen atoms in total. The van der Waals surface area contributed by atoms with Crippen molar-refractivity contribution in [1.29, 1.82) is 0 Å². The molecule has 0 spiro atoms. The van der Waals surface area contributed by atoms with E-state index in [-0.39, 0.29) is 17.9 Å². The van der Waals surface area contributed by atoms with Crippen molar-refractivity contribution in [2.24, 2.45) is 0 Å². The van der Waals surface area contributed by atoms with Crippen molar-refractivity contribution in [3.8, 4) is 11.5 Å². The molecule has 33 heavy (non-hydrogen) atoms. The molecule has 0 saturated carbocycles. The molecular formula is C26H27ClN2O4. The summed E-state index contributed by atoms with van der Waals surface area (Å²) in [6, 6.07) is 20.9. The molecule has 0 fully saturated rings. The van der Waals surface area contributed by atoms with E-state index in [1.807, 2.05) is 19.9 Å². The molecule has 2 atom stereocenters. The number of halogens is 1. The highest BCUT2D eigenvalue weighted by atomic mass is 35.5. The Morgan fingerprint density at radius 3 is 2.21 bits per heavy atom. The third-order valence-electron chi connectivity index (χ3n) is 4.93. The normalized spacial score (nSPS) is 12.4. The number of amides is 2. The molecule has 172 valence electrons. The lowest BCUT2D eigenvalue weighted by molar-refractivity contribution is -0.122. The maximum Gasteiger partial charge on any atom is 0.265 e. The van der Waals surface area contributed by atoms with Crippen LogP contribution in [-0.4, -0.2) is 24.0 Å². The Kier molecular flexibility index (Phi) is 8.33. The molecule has 0 aliphatic carbocycles. The summed E-state index contributed by atoms with van der Waals surface area (Å²) in [7, 11) is 0. The van der Waals surface area contributed by atoms with Gasteiger partial charge in [-0.05, 0) is 74.9 Å². The van der Waals surface area contributed by atoms with Crippen LogP contribution in [0.15, 0.2) is 72.8 Å². The molecule has 2 unspecified atom stereocenters. The van der Waals surface area contributed by atoms with Crippen LogP contribution in [0, 0.1) is 0 Å². The minimum absolute atomic E-state index is 0.0730. The first-order valence-corrected chi connectivity index (χ1v) is 11.1. The zero-order valence-corrected chi connectivity index (χ0v) is 19.6. The predicted octanol–water partition coefficient (Wildman–Crippen LogP) is 6.18. The van der Waals surface area contributed by atoms with Crippen LogP contribution in [0.4, 0.5) is 11.4 Å². The summed E-state index contributed by atoms with van der Waals surface area (Å²) in [5.41, 5.74) is 1.68. The number of benzene rings is 3. The Morgan fingerprint density at radius 1 is 0.879 bits per heavy atom. The number of ether oxygens (including phenoxy) is 2. The standard InChI is InChI=1S/C26H27ClN2O4/c1-4-17(2)32-22-9-7-8-19(16-22)26(31)29-21-14-12-20(13-15-21)28-25(30)18(3)33-24-11-6-5-10-23(24)27/h5-18H,4H2,1-3H3,(H,28,30)(H,29,31). The number of para-hydroxylation sites is 1. The van der Waals surface area contributed by atoms with E-state index in [1.165, 1.54) is 0 Å². The molecule has 0 aliphatic rings. The Hall–Kier alpha value is -3.51. The molecule has 7 heteroatoms. The van der Waals surface area contributed by atoms with E-state index < -0.39 is 6.10 Å². The second-order valence-electron chi connectivity index (χ2n) is 7.58. The Morgan fingerprint density at radius 2 is 1.55 bits per heavy atom. The molecule has 3 aromatic rings. The van der Waals surface area contributed by atoms with E-state index in [0.717, 1.165) is 6.42 Å². The number of hydrogen-bond donors (Lipinski definition) is 2. The maximum absolute atomic E-state index is 12.6. The SMILES string of the molecule is CCC(C)Oc1cccc(C(=O)Nc2ccc(NC(=O)C(C)Oc3ccccc3Cl)cc2)c1. The van der Waals surface area contributed by atoms with Crippen LogP contribution in [0.25, 0.3) is 0 Å². The molecule has 0 aromatic heterocycles. The van der Waals surface area contributed by atoms with Crippen molar-refractivity contribution < 1.29 is 19.1 Å². The first-order chi connectivity index (χ1) is 15.9. The van der Waals surface area contributed by atoms with Crippen molar-refractivity contribution in [1.82, 2.24) is 0 Å². The lowest BCUT2D eigenvalue weighted by atomic mass is 10.2. The van der Waals surface area contributed by atoms with E-state index in [4.69, 9.17) is 21.1 Å². The average molecular weight is 467 g/mol. The third kappa shape index (κ3) is 6.99. The number of hydrogen-bond acceptors (Lipinski definition) is 4. The fraction of sp³-hybridized carbons (Fsp3) is 0.231. The van der Waals surface area contributed by atoms with Gasteiger partial charge in [-0.3, -0.25) is 9.59 Å². The lowest BCUT2D eigenvalue weighted by Gasteiger charge is -2.16. The second-order valence-corrected chi connectivity index (χ2v) is 7.98. The quantitative estimate of drug-likeness (QED) is 0.395. The van der Waals surface area contributed by atoms with E-state index in [1.54, 1.807) is 73.7 Å². The van der Waals surface area contributed by atoms with Crippen molar-refractivity contribution in [2.45, 2.75) is 39.4 Å². The third-order valence-corrected chi connectivity index (χ3v) is 5.24. The molecule has 2 N–H and O–H groups in total. The highest BCUT2D eigenvalue weighted by molar-refractivity contribution is 6.32. The van der Waals surface area contributed by atoms with Crippen molar-refractivity contribution >= 4 is 34.8 Å². The van der Waals surface area contributed by atoms with Gasteiger partial charge in [0.2, 0.25) is 0 Å². The molecule has 0 saturated heterocycles. The molecule has 0 bridgehead atoms. The number of anilines is 2. The van der Waals surface area contributed by atoms with Crippen LogP contribution in [0.3, 0.4) is 0 Å². The van der Waals surface area contributed by atoms with Gasteiger partial charge in [0.05, 0.1) is 11.1 Å². The van der Waals surface area contributed by atoms with Gasteiger partial charge in [-0.2, -0.15) is 0 Å². The highest BCUT2D eigenvalue weighted by Gasteiger charge is 2.16. The van der Waals surface area contributed by atoms with E-state index in [0.29, 0.717) is 33.5 Å². The Labute approximate surface area is 198 Å². The summed E-state index contributed by atoms with van der Waals surface area (Å²) in [6.07, 6.45) is 0.211. The van der Waals surface area contributed by atoms with Gasteiger partial charge < -0.3 is 20.1 Å². The van der Waals surface area contributed by atoms with Gasteiger partial charge in [0.1, 0.15) is 11.5 Å². The number of rotatable bonds is 9. The fourth-order valence-corrected chi connectivity index (χ4v) is 3.07. The van der Waals surface area contributed by atoms with E-state index >= 15 is 0 Å². The molecular weight excluding hydrogens is 440 g/mol. The van der Waals surface area contributed by atoms with Gasteiger partial charge in [-0.25, -0.2) is 0 Å². The highest BCUT2D eigenvalue weighted by Crippen LogP contribution is 2.24. The Balaban J connectivity index is 1.56. The zero-order chi connectivity index (χ0) is 23.8. The molecule has 2 amide bonds. The van der Waals surface area contributed by atoms with E-state index in [9.17, 15) is 9.59 Å². The first kappa shape index (κ1) is 24.1. The summed E-state index contributed by atoms with van der Waals surface area (Å²) < 4.78 is 11.4. The van der Waals surface area contributed by atoms with Crippen LogP contribution in [0.5, 0.6) is 11.5 Å². The minimum atomic E-state index is -0.741. The largest absolute Gasteiger partial charge is 0.491 e. The van der Waals surface area contributed by atoms with Gasteiger partial charge in [0, 0.05) is 16.9 Å². The molecule has 0 aliphatic heterocycles. The van der Waals surface area contributed by atoms with Crippen LogP contribution < -0.4 is 20.1 Å². The Bertz CT molecular complexity index is 1100. The van der Waals surface area contributed by atoms with Gasteiger partial charge in [0.25, 0.3) is 11.8 Å². The molecule has 0 heterocycles. The first-order valence-electron chi connectivity index (χ1n) is 10.8. The number of nitrogens with one attached hydrogen (secondary N) is 2. The predicted molar refractivity (Wildman–Crippen MR) is 131 cm³/mol. The summed E-state index contributed by atoms with van der Waals surface area (Å²) in [6.45, 7) is 5.67. The molecule has 0 radical (unpaired) electrons. The molecule has 3 aromatic carbocycles. The summed E-state index contributed by atoms with van der Waals surface area (Å²) >= 11 is 6.08. The van der Waals surface area contributed by atoms with Crippen LogP contribution in [0.2, 0.25) is 5.02 Å². The lowest BCUT2D eigenvalue weighted by Crippen LogP contribution is -2.30.